The highest BCUT2D eigenvalue weighted by Gasteiger charge is 2.17. The minimum absolute atomic E-state index is 0.0161. The highest BCUT2D eigenvalue weighted by atomic mass is 16.5. The Kier molecular flexibility index (Phi) is 7.68. The van der Waals surface area contributed by atoms with E-state index in [9.17, 15) is 9.59 Å². The van der Waals surface area contributed by atoms with Gasteiger partial charge in [0.05, 0.1) is 19.8 Å². The van der Waals surface area contributed by atoms with E-state index < -0.39 is 0 Å². The molecule has 30 heavy (non-hydrogen) atoms. The van der Waals surface area contributed by atoms with E-state index >= 15 is 0 Å². The third-order valence-electron chi connectivity index (χ3n) is 4.95. The highest BCUT2D eigenvalue weighted by Crippen LogP contribution is 2.19. The van der Waals surface area contributed by atoms with Crippen molar-refractivity contribution in [2.24, 2.45) is 0 Å². The summed E-state index contributed by atoms with van der Waals surface area (Å²) in [6, 6.07) is 15.2. The zero-order valence-electron chi connectivity index (χ0n) is 17.6. The number of anilines is 2. The van der Waals surface area contributed by atoms with Crippen molar-refractivity contribution in [1.82, 2.24) is 4.90 Å². The van der Waals surface area contributed by atoms with Gasteiger partial charge < -0.3 is 24.6 Å². The number of carbonyl (C=O) groups is 2. The number of benzene rings is 2. The molecule has 0 spiro atoms. The van der Waals surface area contributed by atoms with Crippen molar-refractivity contribution < 1.29 is 19.1 Å². The van der Waals surface area contributed by atoms with Crippen LogP contribution in [0.4, 0.5) is 11.4 Å². The van der Waals surface area contributed by atoms with E-state index in [0.717, 1.165) is 37.6 Å². The molecule has 160 valence electrons. The molecule has 2 amide bonds. The maximum absolute atomic E-state index is 12.4. The van der Waals surface area contributed by atoms with Crippen LogP contribution >= 0.6 is 0 Å². The van der Waals surface area contributed by atoms with Gasteiger partial charge in [0, 0.05) is 31.0 Å². The van der Waals surface area contributed by atoms with Crippen LogP contribution in [-0.2, 0) is 14.3 Å². The van der Waals surface area contributed by atoms with Crippen LogP contribution in [0.1, 0.15) is 12.5 Å². The molecule has 0 atom stereocenters. The van der Waals surface area contributed by atoms with Crippen molar-refractivity contribution in [3.05, 3.63) is 54.1 Å². The van der Waals surface area contributed by atoms with Gasteiger partial charge >= 0.3 is 0 Å². The SMILES string of the molecule is CCN(CC(=O)Nc1ccc(N2CCOCC2)cc1)C(=O)COc1cccc(C)c1. The fourth-order valence-corrected chi connectivity index (χ4v) is 3.27. The summed E-state index contributed by atoms with van der Waals surface area (Å²) in [7, 11) is 0. The number of nitrogens with one attached hydrogen (secondary N) is 1. The van der Waals surface area contributed by atoms with Gasteiger partial charge in [0.15, 0.2) is 6.61 Å². The molecule has 7 heteroatoms. The molecule has 3 rings (SSSR count). The normalized spacial score (nSPS) is 13.6. The second kappa shape index (κ2) is 10.6. The first-order valence-corrected chi connectivity index (χ1v) is 10.2. The summed E-state index contributed by atoms with van der Waals surface area (Å²) >= 11 is 0. The number of aryl methyl sites for hydroxylation is 1. The van der Waals surface area contributed by atoms with Crippen molar-refractivity contribution in [2.45, 2.75) is 13.8 Å². The Labute approximate surface area is 177 Å². The molecule has 0 unspecified atom stereocenters. The molecule has 1 fully saturated rings. The molecule has 1 aliphatic heterocycles. The van der Waals surface area contributed by atoms with Gasteiger partial charge in [-0.25, -0.2) is 0 Å². The first kappa shape index (κ1) is 21.6. The van der Waals surface area contributed by atoms with Gasteiger partial charge in [0.2, 0.25) is 5.91 Å². The standard InChI is InChI=1S/C23H29N3O4/c1-3-25(23(28)17-30-21-6-4-5-18(2)15-21)16-22(27)24-19-7-9-20(10-8-19)26-11-13-29-14-12-26/h4-10,15H,3,11-14,16-17H2,1-2H3,(H,24,27). The first-order chi connectivity index (χ1) is 14.5. The zero-order valence-corrected chi connectivity index (χ0v) is 17.6. The summed E-state index contributed by atoms with van der Waals surface area (Å²) in [6.07, 6.45) is 0. The molecule has 0 aromatic heterocycles. The molecule has 1 saturated heterocycles. The van der Waals surface area contributed by atoms with Gasteiger partial charge in [-0.3, -0.25) is 9.59 Å². The lowest BCUT2D eigenvalue weighted by molar-refractivity contribution is -0.136. The third kappa shape index (κ3) is 6.22. The maximum Gasteiger partial charge on any atom is 0.260 e. The van der Waals surface area contributed by atoms with Crippen LogP contribution in [-0.4, -0.2) is 62.7 Å². The van der Waals surface area contributed by atoms with E-state index in [4.69, 9.17) is 9.47 Å². The minimum Gasteiger partial charge on any atom is -0.484 e. The van der Waals surface area contributed by atoms with Gasteiger partial charge in [-0.2, -0.15) is 0 Å². The smallest absolute Gasteiger partial charge is 0.260 e. The summed E-state index contributed by atoms with van der Waals surface area (Å²) < 4.78 is 10.9. The lowest BCUT2D eigenvalue weighted by atomic mass is 10.2. The average Bonchev–Trinajstić information content (AvgIpc) is 2.77. The maximum atomic E-state index is 12.4. The average molecular weight is 412 g/mol. The van der Waals surface area contributed by atoms with Gasteiger partial charge in [-0.15, -0.1) is 0 Å². The molecule has 1 heterocycles. The van der Waals surface area contributed by atoms with Crippen LogP contribution in [0.25, 0.3) is 0 Å². The third-order valence-corrected chi connectivity index (χ3v) is 4.95. The van der Waals surface area contributed by atoms with Crippen LogP contribution in [0.5, 0.6) is 5.75 Å². The van der Waals surface area contributed by atoms with Crippen LogP contribution in [0, 0.1) is 6.92 Å². The Morgan fingerprint density at radius 3 is 2.53 bits per heavy atom. The molecular formula is C23H29N3O4. The van der Waals surface area contributed by atoms with E-state index in [0.29, 0.717) is 18.0 Å². The summed E-state index contributed by atoms with van der Waals surface area (Å²) in [5.41, 5.74) is 2.87. The molecule has 0 saturated carbocycles. The number of ether oxygens (including phenoxy) is 2. The molecular weight excluding hydrogens is 382 g/mol. The zero-order chi connectivity index (χ0) is 21.3. The Bertz CT molecular complexity index is 848. The van der Waals surface area contributed by atoms with E-state index in [2.05, 4.69) is 10.2 Å². The summed E-state index contributed by atoms with van der Waals surface area (Å²) in [6.45, 7) is 7.31. The fraction of sp³-hybridized carbons (Fsp3) is 0.391. The second-order valence-corrected chi connectivity index (χ2v) is 7.21. The van der Waals surface area contributed by atoms with E-state index in [-0.39, 0.29) is 25.0 Å². The van der Waals surface area contributed by atoms with E-state index in [1.807, 2.05) is 62.4 Å². The largest absolute Gasteiger partial charge is 0.484 e. The van der Waals surface area contributed by atoms with Crippen LogP contribution < -0.4 is 15.0 Å². The van der Waals surface area contributed by atoms with Crippen molar-refractivity contribution in [2.75, 3.05) is 56.2 Å². The number of nitrogens with zero attached hydrogens (tertiary/aromatic N) is 2. The van der Waals surface area contributed by atoms with E-state index in [1.54, 1.807) is 0 Å². The Balaban J connectivity index is 1.48. The molecule has 1 N–H and O–H groups in total. The molecule has 7 nitrogen and oxygen atoms in total. The number of amides is 2. The number of carbonyl (C=O) groups excluding carboxylic acids is 2. The monoisotopic (exact) mass is 411 g/mol. The van der Waals surface area contributed by atoms with Crippen molar-refractivity contribution in [3.8, 4) is 5.75 Å². The number of rotatable bonds is 8. The summed E-state index contributed by atoms with van der Waals surface area (Å²) in [5, 5.41) is 2.86. The van der Waals surface area contributed by atoms with Crippen molar-refractivity contribution in [1.29, 1.82) is 0 Å². The minimum atomic E-state index is -0.236. The van der Waals surface area contributed by atoms with Crippen LogP contribution in [0.3, 0.4) is 0 Å². The summed E-state index contributed by atoms with van der Waals surface area (Å²) in [5.74, 6) is 0.181. The topological polar surface area (TPSA) is 71.1 Å². The number of morpholine rings is 1. The number of hydrogen-bond acceptors (Lipinski definition) is 5. The molecule has 0 bridgehead atoms. The molecule has 2 aromatic carbocycles. The Morgan fingerprint density at radius 1 is 1.13 bits per heavy atom. The molecule has 0 aliphatic carbocycles. The predicted octanol–water partition coefficient (Wildman–Crippen LogP) is 2.70. The van der Waals surface area contributed by atoms with Crippen molar-refractivity contribution >= 4 is 23.2 Å². The molecule has 1 aliphatic rings. The van der Waals surface area contributed by atoms with E-state index in [1.165, 1.54) is 4.90 Å². The van der Waals surface area contributed by atoms with Crippen LogP contribution in [0.15, 0.2) is 48.5 Å². The van der Waals surface area contributed by atoms with Gasteiger partial charge in [0.1, 0.15) is 5.75 Å². The number of likely N-dealkylation sites (N-methyl/N-ethyl adjacent to an activating group) is 1. The molecule has 2 aromatic rings. The summed E-state index contributed by atoms with van der Waals surface area (Å²) in [4.78, 5) is 28.6. The van der Waals surface area contributed by atoms with Gasteiger partial charge in [0.25, 0.3) is 5.91 Å². The van der Waals surface area contributed by atoms with Gasteiger partial charge in [-0.1, -0.05) is 12.1 Å². The predicted molar refractivity (Wildman–Crippen MR) is 117 cm³/mol. The highest BCUT2D eigenvalue weighted by molar-refractivity contribution is 5.94. The second-order valence-electron chi connectivity index (χ2n) is 7.21. The van der Waals surface area contributed by atoms with Crippen LogP contribution in [0.2, 0.25) is 0 Å². The molecule has 0 radical (unpaired) electrons. The Hall–Kier alpha value is -3.06. The lowest BCUT2D eigenvalue weighted by Crippen LogP contribution is -2.40. The quantitative estimate of drug-likeness (QED) is 0.723. The Morgan fingerprint density at radius 2 is 1.87 bits per heavy atom. The fourth-order valence-electron chi connectivity index (χ4n) is 3.27. The number of hydrogen-bond donors (Lipinski definition) is 1. The van der Waals surface area contributed by atoms with Crippen molar-refractivity contribution in [3.63, 3.8) is 0 Å². The van der Waals surface area contributed by atoms with Gasteiger partial charge in [-0.05, 0) is 55.8 Å². The lowest BCUT2D eigenvalue weighted by Gasteiger charge is -2.29. The first-order valence-electron chi connectivity index (χ1n) is 10.2.